The number of nitrogen functional groups attached to an aromatic ring is 1. The molecule has 2 fully saturated rings. The number of nitrogens with two attached hydrogens (primary N) is 1. The molecule has 0 atom stereocenters. The van der Waals surface area contributed by atoms with Gasteiger partial charge in [-0.25, -0.2) is 14.4 Å². The van der Waals surface area contributed by atoms with E-state index in [2.05, 4.69) is 36.8 Å². The van der Waals surface area contributed by atoms with Gasteiger partial charge in [-0.2, -0.15) is 5.10 Å². The second-order valence-electron chi connectivity index (χ2n) is 8.16. The maximum atomic E-state index is 13.3. The zero-order valence-corrected chi connectivity index (χ0v) is 16.0. The van der Waals surface area contributed by atoms with E-state index in [1.165, 1.54) is 6.42 Å². The number of aromatic nitrogens is 5. The van der Waals surface area contributed by atoms with Gasteiger partial charge in [0.05, 0.1) is 23.3 Å². The standard InChI is InChI=1S/C21H22FN7/c22-13-9-28(10-13)11-18-26-19-20(29(18)14-2-1-3-14)15-5-4-12(16-6-7-24-27-16)8-17(15)25-21(19)23/h4-8,13-14H,1-3,9-11H2,(H2,23,25)(H,24,27). The lowest BCUT2D eigenvalue weighted by molar-refractivity contribution is 0.0551. The van der Waals surface area contributed by atoms with Gasteiger partial charge in [0.2, 0.25) is 0 Å². The Labute approximate surface area is 166 Å². The minimum Gasteiger partial charge on any atom is -0.382 e. The summed E-state index contributed by atoms with van der Waals surface area (Å²) in [4.78, 5) is 11.6. The Hall–Kier alpha value is -3.00. The van der Waals surface area contributed by atoms with Crippen LogP contribution in [0.4, 0.5) is 10.2 Å². The average Bonchev–Trinajstić information content (AvgIpc) is 3.28. The Morgan fingerprint density at radius 3 is 2.72 bits per heavy atom. The van der Waals surface area contributed by atoms with E-state index in [0.29, 0.717) is 31.5 Å². The SMILES string of the molecule is Nc1nc2cc(-c3cc[nH]n3)ccc2c2c1nc(CN1CC(F)C1)n2C1CCC1. The molecule has 1 aliphatic heterocycles. The summed E-state index contributed by atoms with van der Waals surface area (Å²) in [5, 5.41) is 8.17. The van der Waals surface area contributed by atoms with E-state index < -0.39 is 6.17 Å². The van der Waals surface area contributed by atoms with Crippen LogP contribution in [-0.2, 0) is 6.54 Å². The Morgan fingerprint density at radius 2 is 2.03 bits per heavy atom. The Kier molecular flexibility index (Phi) is 3.64. The molecule has 1 aliphatic carbocycles. The number of pyridine rings is 1. The molecule has 3 N–H and O–H groups in total. The van der Waals surface area contributed by atoms with Gasteiger partial charge in [-0.05, 0) is 37.5 Å². The summed E-state index contributed by atoms with van der Waals surface area (Å²) in [6.07, 6.45) is 4.59. The number of hydrogen-bond donors (Lipinski definition) is 2. The van der Waals surface area contributed by atoms with Crippen molar-refractivity contribution in [3.63, 3.8) is 0 Å². The number of benzene rings is 1. The molecule has 3 aromatic heterocycles. The van der Waals surface area contributed by atoms with Gasteiger partial charge in [0, 0.05) is 36.3 Å². The number of fused-ring (bicyclic) bond motifs is 3. The van der Waals surface area contributed by atoms with Crippen molar-refractivity contribution in [2.45, 2.75) is 38.0 Å². The first-order chi connectivity index (χ1) is 14.2. The molecule has 1 saturated carbocycles. The average molecular weight is 391 g/mol. The van der Waals surface area contributed by atoms with Crippen LogP contribution in [0.3, 0.4) is 0 Å². The lowest BCUT2D eigenvalue weighted by Crippen LogP contribution is -2.48. The topological polar surface area (TPSA) is 88.7 Å². The highest BCUT2D eigenvalue weighted by Gasteiger charge is 2.31. The van der Waals surface area contributed by atoms with Gasteiger partial charge in [-0.1, -0.05) is 6.07 Å². The molecule has 0 bridgehead atoms. The highest BCUT2D eigenvalue weighted by Crippen LogP contribution is 2.39. The highest BCUT2D eigenvalue weighted by atomic mass is 19.1. The van der Waals surface area contributed by atoms with Gasteiger partial charge in [0.15, 0.2) is 5.82 Å². The van der Waals surface area contributed by atoms with E-state index in [-0.39, 0.29) is 0 Å². The predicted molar refractivity (Wildman–Crippen MR) is 110 cm³/mol. The molecule has 0 radical (unpaired) electrons. The molecule has 0 amide bonds. The number of aromatic amines is 1. The number of anilines is 1. The molecule has 1 saturated heterocycles. The van der Waals surface area contributed by atoms with Crippen LogP contribution >= 0.6 is 0 Å². The maximum Gasteiger partial charge on any atom is 0.152 e. The molecule has 0 spiro atoms. The third-order valence-corrected chi connectivity index (χ3v) is 6.23. The number of nitrogens with one attached hydrogen (secondary N) is 1. The Morgan fingerprint density at radius 1 is 1.17 bits per heavy atom. The van der Waals surface area contributed by atoms with Crippen LogP contribution in [0.25, 0.3) is 33.2 Å². The predicted octanol–water partition coefficient (Wildman–Crippen LogP) is 3.44. The van der Waals surface area contributed by atoms with Crippen LogP contribution in [-0.4, -0.2) is 48.9 Å². The van der Waals surface area contributed by atoms with Crippen molar-refractivity contribution in [3.05, 3.63) is 36.3 Å². The van der Waals surface area contributed by atoms with E-state index >= 15 is 0 Å². The number of rotatable bonds is 4. The lowest BCUT2D eigenvalue weighted by Gasteiger charge is -2.35. The Bertz CT molecular complexity index is 1200. The van der Waals surface area contributed by atoms with Gasteiger partial charge >= 0.3 is 0 Å². The summed E-state index contributed by atoms with van der Waals surface area (Å²) < 4.78 is 15.7. The van der Waals surface area contributed by atoms with Crippen molar-refractivity contribution in [1.82, 2.24) is 29.6 Å². The molecule has 1 aromatic carbocycles. The summed E-state index contributed by atoms with van der Waals surface area (Å²) in [5.74, 6) is 1.41. The summed E-state index contributed by atoms with van der Waals surface area (Å²) in [7, 11) is 0. The molecule has 29 heavy (non-hydrogen) atoms. The number of H-pyrrole nitrogens is 1. The molecule has 0 unspecified atom stereocenters. The van der Waals surface area contributed by atoms with E-state index in [1.54, 1.807) is 6.20 Å². The first-order valence-corrected chi connectivity index (χ1v) is 10.1. The third kappa shape index (κ3) is 2.62. The normalized spacial score (nSPS) is 18.4. The van der Waals surface area contributed by atoms with E-state index in [9.17, 15) is 4.39 Å². The van der Waals surface area contributed by atoms with Crippen LogP contribution in [0.2, 0.25) is 0 Å². The van der Waals surface area contributed by atoms with Gasteiger partial charge in [-0.3, -0.25) is 10.00 Å². The summed E-state index contributed by atoms with van der Waals surface area (Å²) >= 11 is 0. The van der Waals surface area contributed by atoms with Crippen LogP contribution in [0.5, 0.6) is 0 Å². The number of imidazole rings is 1. The van der Waals surface area contributed by atoms with Gasteiger partial charge in [0.25, 0.3) is 0 Å². The van der Waals surface area contributed by atoms with Crippen molar-refractivity contribution in [2.75, 3.05) is 18.8 Å². The molecule has 4 aromatic rings. The van der Waals surface area contributed by atoms with E-state index in [1.807, 2.05) is 12.1 Å². The first kappa shape index (κ1) is 16.9. The number of alkyl halides is 1. The van der Waals surface area contributed by atoms with E-state index in [0.717, 1.165) is 51.9 Å². The Balaban J connectivity index is 1.55. The summed E-state index contributed by atoms with van der Waals surface area (Å²) in [5.41, 5.74) is 10.9. The van der Waals surface area contributed by atoms with Gasteiger partial charge in [0.1, 0.15) is 17.5 Å². The van der Waals surface area contributed by atoms with Crippen LogP contribution < -0.4 is 5.73 Å². The zero-order valence-electron chi connectivity index (χ0n) is 16.0. The highest BCUT2D eigenvalue weighted by molar-refractivity contribution is 6.07. The fourth-order valence-corrected chi connectivity index (χ4v) is 4.49. The van der Waals surface area contributed by atoms with Crippen LogP contribution in [0.15, 0.2) is 30.5 Å². The fourth-order valence-electron chi connectivity index (χ4n) is 4.49. The maximum absolute atomic E-state index is 13.3. The minimum absolute atomic E-state index is 0.425. The zero-order chi connectivity index (χ0) is 19.5. The second kappa shape index (κ2) is 6.25. The van der Waals surface area contributed by atoms with Crippen molar-refractivity contribution in [1.29, 1.82) is 0 Å². The van der Waals surface area contributed by atoms with Crippen molar-refractivity contribution < 1.29 is 4.39 Å². The fraction of sp³-hybridized carbons (Fsp3) is 0.381. The molecule has 6 rings (SSSR count). The molecular formula is C21H22FN7. The molecule has 7 nitrogen and oxygen atoms in total. The van der Waals surface area contributed by atoms with Crippen LogP contribution in [0, 0.1) is 0 Å². The number of hydrogen-bond acceptors (Lipinski definition) is 5. The molecular weight excluding hydrogens is 369 g/mol. The third-order valence-electron chi connectivity index (χ3n) is 6.23. The molecule has 4 heterocycles. The van der Waals surface area contributed by atoms with Gasteiger partial charge in [-0.15, -0.1) is 0 Å². The van der Waals surface area contributed by atoms with Crippen LogP contribution in [0.1, 0.15) is 31.1 Å². The lowest BCUT2D eigenvalue weighted by atomic mass is 9.92. The smallest absolute Gasteiger partial charge is 0.152 e. The quantitative estimate of drug-likeness (QED) is 0.556. The monoisotopic (exact) mass is 391 g/mol. The largest absolute Gasteiger partial charge is 0.382 e. The molecule has 2 aliphatic rings. The van der Waals surface area contributed by atoms with Gasteiger partial charge < -0.3 is 10.3 Å². The summed E-state index contributed by atoms with van der Waals surface area (Å²) in [6, 6.07) is 8.55. The second-order valence-corrected chi connectivity index (χ2v) is 8.16. The summed E-state index contributed by atoms with van der Waals surface area (Å²) in [6.45, 7) is 1.61. The van der Waals surface area contributed by atoms with Crippen molar-refractivity contribution in [2.24, 2.45) is 0 Å². The van der Waals surface area contributed by atoms with E-state index in [4.69, 9.17) is 10.7 Å². The van der Waals surface area contributed by atoms with Crippen molar-refractivity contribution >= 4 is 27.8 Å². The van der Waals surface area contributed by atoms with Crippen molar-refractivity contribution in [3.8, 4) is 11.3 Å². The molecule has 8 heteroatoms. The minimum atomic E-state index is -0.718. The first-order valence-electron chi connectivity index (χ1n) is 10.1. The number of nitrogens with zero attached hydrogens (tertiary/aromatic N) is 5. The number of likely N-dealkylation sites (tertiary alicyclic amines) is 1. The number of halogens is 1. The molecule has 148 valence electrons.